The SMILES string of the molecule is Nc1cnccc1C(C(=O)O)C(=O)O. The number of aromatic nitrogens is 1. The second-order valence-corrected chi connectivity index (χ2v) is 2.61. The summed E-state index contributed by atoms with van der Waals surface area (Å²) in [6, 6.07) is 1.28. The van der Waals surface area contributed by atoms with E-state index in [1.54, 1.807) is 0 Å². The van der Waals surface area contributed by atoms with Gasteiger partial charge < -0.3 is 15.9 Å². The van der Waals surface area contributed by atoms with Crippen LogP contribution in [-0.4, -0.2) is 27.1 Å². The third-order valence-electron chi connectivity index (χ3n) is 1.69. The molecule has 0 radical (unpaired) electrons. The standard InChI is InChI=1S/C8H8N2O4/c9-5-3-10-2-1-4(5)6(7(11)12)8(13)14/h1-3,6H,9H2,(H,11,12)(H,13,14). The van der Waals surface area contributed by atoms with Crippen LogP contribution in [0.5, 0.6) is 0 Å². The number of carboxylic acid groups (broad SMARTS) is 2. The summed E-state index contributed by atoms with van der Waals surface area (Å²) in [5.41, 5.74) is 5.51. The highest BCUT2D eigenvalue weighted by Gasteiger charge is 2.29. The molecule has 0 saturated heterocycles. The molecule has 0 aliphatic rings. The summed E-state index contributed by atoms with van der Waals surface area (Å²) in [4.78, 5) is 24.9. The van der Waals surface area contributed by atoms with Crippen LogP contribution in [0.25, 0.3) is 0 Å². The molecule has 1 rings (SSSR count). The average molecular weight is 196 g/mol. The molecule has 74 valence electrons. The molecule has 6 heteroatoms. The van der Waals surface area contributed by atoms with E-state index in [0.29, 0.717) is 0 Å². The Balaban J connectivity index is 3.18. The quantitative estimate of drug-likeness (QED) is 0.582. The highest BCUT2D eigenvalue weighted by Crippen LogP contribution is 2.21. The Bertz CT molecular complexity index is 363. The number of aliphatic carboxylic acids is 2. The van der Waals surface area contributed by atoms with Gasteiger partial charge in [-0.15, -0.1) is 0 Å². The lowest BCUT2D eigenvalue weighted by Crippen LogP contribution is -2.22. The van der Waals surface area contributed by atoms with Gasteiger partial charge in [0.05, 0.1) is 11.9 Å². The van der Waals surface area contributed by atoms with Crippen molar-refractivity contribution in [3.05, 3.63) is 24.0 Å². The highest BCUT2D eigenvalue weighted by molar-refractivity contribution is 6.00. The van der Waals surface area contributed by atoms with E-state index in [0.717, 1.165) is 0 Å². The number of rotatable bonds is 3. The van der Waals surface area contributed by atoms with Crippen LogP contribution >= 0.6 is 0 Å². The van der Waals surface area contributed by atoms with Gasteiger partial charge in [0.25, 0.3) is 0 Å². The molecule has 0 aliphatic carbocycles. The lowest BCUT2D eigenvalue weighted by Gasteiger charge is -2.09. The van der Waals surface area contributed by atoms with Crippen LogP contribution in [0.1, 0.15) is 11.5 Å². The molecule has 0 amide bonds. The Morgan fingerprint density at radius 1 is 1.36 bits per heavy atom. The van der Waals surface area contributed by atoms with Crippen LogP contribution in [0.15, 0.2) is 18.5 Å². The van der Waals surface area contributed by atoms with E-state index in [2.05, 4.69) is 4.98 Å². The third-order valence-corrected chi connectivity index (χ3v) is 1.69. The van der Waals surface area contributed by atoms with Crippen LogP contribution in [-0.2, 0) is 9.59 Å². The van der Waals surface area contributed by atoms with Crippen LogP contribution < -0.4 is 5.73 Å². The van der Waals surface area contributed by atoms with Gasteiger partial charge in [0.1, 0.15) is 0 Å². The van der Waals surface area contributed by atoms with E-state index in [-0.39, 0.29) is 11.3 Å². The van der Waals surface area contributed by atoms with Crippen molar-refractivity contribution in [2.45, 2.75) is 5.92 Å². The van der Waals surface area contributed by atoms with Gasteiger partial charge in [0.2, 0.25) is 0 Å². The molecule has 0 aliphatic heterocycles. The number of anilines is 1. The largest absolute Gasteiger partial charge is 0.480 e. The highest BCUT2D eigenvalue weighted by atomic mass is 16.4. The number of hydrogen-bond acceptors (Lipinski definition) is 4. The lowest BCUT2D eigenvalue weighted by molar-refractivity contribution is -0.150. The molecule has 0 bridgehead atoms. The van der Waals surface area contributed by atoms with Crippen molar-refractivity contribution in [1.29, 1.82) is 0 Å². The Morgan fingerprint density at radius 2 is 1.93 bits per heavy atom. The van der Waals surface area contributed by atoms with E-state index < -0.39 is 17.9 Å². The summed E-state index contributed by atoms with van der Waals surface area (Å²) >= 11 is 0. The Morgan fingerprint density at radius 3 is 2.36 bits per heavy atom. The molecule has 6 nitrogen and oxygen atoms in total. The number of nitrogens with zero attached hydrogens (tertiary/aromatic N) is 1. The number of nitrogens with two attached hydrogens (primary N) is 1. The first-order valence-corrected chi connectivity index (χ1v) is 3.69. The van der Waals surface area contributed by atoms with Crippen LogP contribution in [0.4, 0.5) is 5.69 Å². The van der Waals surface area contributed by atoms with Crippen molar-refractivity contribution in [1.82, 2.24) is 4.98 Å². The number of hydrogen-bond donors (Lipinski definition) is 3. The predicted octanol–water partition coefficient (Wildman–Crippen LogP) is -0.0834. The smallest absolute Gasteiger partial charge is 0.322 e. The number of carboxylic acids is 2. The fourth-order valence-corrected chi connectivity index (χ4v) is 1.05. The molecular formula is C8H8N2O4. The normalized spacial score (nSPS) is 10.1. The second kappa shape index (κ2) is 3.73. The molecule has 1 aromatic heterocycles. The summed E-state index contributed by atoms with van der Waals surface area (Å²) < 4.78 is 0. The molecule has 1 aromatic rings. The van der Waals surface area contributed by atoms with Gasteiger partial charge in [-0.05, 0) is 6.07 Å². The molecule has 14 heavy (non-hydrogen) atoms. The van der Waals surface area contributed by atoms with Gasteiger partial charge in [-0.1, -0.05) is 0 Å². The van der Waals surface area contributed by atoms with Crippen LogP contribution in [0.3, 0.4) is 0 Å². The fraction of sp³-hybridized carbons (Fsp3) is 0.125. The fourth-order valence-electron chi connectivity index (χ4n) is 1.05. The molecule has 4 N–H and O–H groups in total. The maximum absolute atomic E-state index is 10.6. The van der Waals surface area contributed by atoms with E-state index >= 15 is 0 Å². The Hall–Kier alpha value is -2.11. The molecule has 1 heterocycles. The van der Waals surface area contributed by atoms with Gasteiger partial charge in [-0.2, -0.15) is 0 Å². The van der Waals surface area contributed by atoms with Crippen molar-refractivity contribution in [3.63, 3.8) is 0 Å². The summed E-state index contributed by atoms with van der Waals surface area (Å²) in [6.07, 6.45) is 2.51. The Kier molecular flexibility index (Phi) is 2.66. The first-order chi connectivity index (χ1) is 6.54. The van der Waals surface area contributed by atoms with Crippen molar-refractivity contribution >= 4 is 17.6 Å². The van der Waals surface area contributed by atoms with Crippen molar-refractivity contribution < 1.29 is 19.8 Å². The summed E-state index contributed by atoms with van der Waals surface area (Å²) in [5, 5.41) is 17.3. The van der Waals surface area contributed by atoms with E-state index in [1.807, 2.05) is 0 Å². The lowest BCUT2D eigenvalue weighted by atomic mass is 9.99. The van der Waals surface area contributed by atoms with Gasteiger partial charge in [-0.25, -0.2) is 0 Å². The van der Waals surface area contributed by atoms with E-state index in [4.69, 9.17) is 15.9 Å². The molecule has 0 spiro atoms. The Labute approximate surface area is 79.0 Å². The van der Waals surface area contributed by atoms with Crippen molar-refractivity contribution in [3.8, 4) is 0 Å². The molecule has 0 fully saturated rings. The van der Waals surface area contributed by atoms with E-state index in [1.165, 1.54) is 18.5 Å². The zero-order chi connectivity index (χ0) is 10.7. The minimum Gasteiger partial charge on any atom is -0.480 e. The van der Waals surface area contributed by atoms with Gasteiger partial charge in [0.15, 0.2) is 5.92 Å². The summed E-state index contributed by atoms with van der Waals surface area (Å²) in [5.74, 6) is -4.54. The van der Waals surface area contributed by atoms with Gasteiger partial charge in [0, 0.05) is 11.8 Å². The number of carbonyl (C=O) groups is 2. The molecule has 0 atom stereocenters. The van der Waals surface area contributed by atoms with Crippen molar-refractivity contribution in [2.24, 2.45) is 0 Å². The first-order valence-electron chi connectivity index (χ1n) is 3.69. The predicted molar refractivity (Wildman–Crippen MR) is 46.7 cm³/mol. The zero-order valence-corrected chi connectivity index (χ0v) is 7.04. The minimum atomic E-state index is -1.64. The molecule has 0 unspecified atom stereocenters. The summed E-state index contributed by atoms with van der Waals surface area (Å²) in [6.45, 7) is 0. The van der Waals surface area contributed by atoms with Gasteiger partial charge >= 0.3 is 11.9 Å². The molecule has 0 aromatic carbocycles. The third kappa shape index (κ3) is 1.79. The number of pyridine rings is 1. The first kappa shape index (κ1) is 9.97. The van der Waals surface area contributed by atoms with Crippen molar-refractivity contribution in [2.75, 3.05) is 5.73 Å². The van der Waals surface area contributed by atoms with E-state index in [9.17, 15) is 9.59 Å². The summed E-state index contributed by atoms with van der Waals surface area (Å²) in [7, 11) is 0. The van der Waals surface area contributed by atoms with Crippen LogP contribution in [0.2, 0.25) is 0 Å². The monoisotopic (exact) mass is 196 g/mol. The maximum atomic E-state index is 10.6. The minimum absolute atomic E-state index is 0.0417. The topological polar surface area (TPSA) is 114 Å². The van der Waals surface area contributed by atoms with Gasteiger partial charge in [-0.3, -0.25) is 14.6 Å². The molecular weight excluding hydrogens is 188 g/mol. The second-order valence-electron chi connectivity index (χ2n) is 2.61. The zero-order valence-electron chi connectivity index (χ0n) is 7.04. The van der Waals surface area contributed by atoms with Crippen LogP contribution in [0, 0.1) is 0 Å². The maximum Gasteiger partial charge on any atom is 0.322 e. The average Bonchev–Trinajstić information content (AvgIpc) is 2.07. The number of nitrogen functional groups attached to an aromatic ring is 1. The molecule has 0 saturated carbocycles.